The molecule has 0 aliphatic carbocycles. The van der Waals surface area contributed by atoms with Gasteiger partial charge in [-0.25, -0.2) is 4.98 Å². The molecule has 81 heavy (non-hydrogen) atoms. The summed E-state index contributed by atoms with van der Waals surface area (Å²) < 4.78 is 0. The van der Waals surface area contributed by atoms with Gasteiger partial charge in [-0.05, 0) is 76.3 Å². The molecule has 0 spiro atoms. The number of amides is 10. The topological polar surface area (TPSA) is 512 Å². The number of hydrogen-bond acceptors (Lipinski definition) is 16. The molecule has 8 atom stereocenters. The molecule has 10 amide bonds. The van der Waals surface area contributed by atoms with Gasteiger partial charge in [0.1, 0.15) is 48.3 Å². The van der Waals surface area contributed by atoms with Crippen LogP contribution in [-0.2, 0) is 54.4 Å². The lowest BCUT2D eigenvalue weighted by Gasteiger charge is -2.26. The molecule has 0 saturated carbocycles. The minimum Gasteiger partial charge on any atom is -0.394 e. The number of H-pyrrole nitrogens is 1. The van der Waals surface area contributed by atoms with Crippen molar-refractivity contribution in [2.24, 2.45) is 44.8 Å². The van der Waals surface area contributed by atoms with Gasteiger partial charge in [0.05, 0.1) is 24.4 Å². The van der Waals surface area contributed by atoms with Crippen LogP contribution in [0.3, 0.4) is 0 Å². The van der Waals surface area contributed by atoms with Crippen LogP contribution >= 0.6 is 0 Å². The largest absolute Gasteiger partial charge is 0.394 e. The van der Waals surface area contributed by atoms with E-state index >= 15 is 0 Å². The maximum atomic E-state index is 14.0. The van der Waals surface area contributed by atoms with Crippen molar-refractivity contribution < 1.29 is 58.0 Å². The molecule has 0 bridgehead atoms. The van der Waals surface area contributed by atoms with Gasteiger partial charge in [-0.3, -0.25) is 68.0 Å². The Bertz CT molecular complexity index is 2520. The first-order valence-electron chi connectivity index (χ1n) is 26.0. The predicted octanol–water partition coefficient (Wildman–Crippen LogP) is -4.25. The number of nitrogens with zero attached hydrogens (tertiary/aromatic N) is 4. The molecular formula is C49H79N19O13. The number of guanidine groups is 2. The number of aliphatic imine (C=N–C) groups is 2. The highest BCUT2D eigenvalue weighted by Gasteiger charge is 2.33. The minimum absolute atomic E-state index is 0.0378. The van der Waals surface area contributed by atoms with Crippen molar-refractivity contribution in [3.63, 3.8) is 0 Å². The smallest absolute Gasteiger partial charge is 0.269 e. The standard InChI is InChI=1S/C49H79N19O13/c1-25(2)18-35(65-46(78)37(20-31-21-54-24-58-31)66-47(79)38(23-69)67-41(73)28(6)59-43(75)33(61-29(7)70)10-8-16-55-48(50)51)42(74)57-22-39(71)63-36(19-26(3)4)45(77)60-27(5)40(72)64-34(11-9-17-56-49(52)53)44(76)62-30-12-14-32(15-13-30)68(80)81/h12-15,21,24-28,33-38,69H,8-11,16-20,22-23H2,1-7H3,(H,54,58)(H,57,74)(H,59,75)(H,60,77)(H,61,70)(H,62,76)(H,63,71)(H,64,72)(H,65,78)(H,66,79)(H,67,73)(H4,50,51,55)(H4,52,53,56)/t27-,28-,33-,34-,35-,36-,37-,38-/m0/s1. The van der Waals surface area contributed by atoms with Gasteiger partial charge in [0, 0.05) is 56.1 Å². The number of carbonyl (C=O) groups excluding carboxylic acids is 10. The number of aromatic amines is 1. The summed E-state index contributed by atoms with van der Waals surface area (Å²) in [5, 5.41) is 46.4. The van der Waals surface area contributed by atoms with Gasteiger partial charge < -0.3 is 86.2 Å². The van der Waals surface area contributed by atoms with E-state index in [0.717, 1.165) is 0 Å². The van der Waals surface area contributed by atoms with Crippen molar-refractivity contribution in [3.05, 3.63) is 52.6 Å². The predicted molar refractivity (Wildman–Crippen MR) is 295 cm³/mol. The zero-order valence-electron chi connectivity index (χ0n) is 46.5. The quantitative estimate of drug-likeness (QED) is 0.0102. The maximum Gasteiger partial charge on any atom is 0.269 e. The van der Waals surface area contributed by atoms with Crippen LogP contribution in [0.5, 0.6) is 0 Å². The molecule has 32 nitrogen and oxygen atoms in total. The summed E-state index contributed by atoms with van der Waals surface area (Å²) in [7, 11) is 0. The first kappa shape index (κ1) is 68.1. The number of nitrogens with one attached hydrogen (secondary N) is 11. The van der Waals surface area contributed by atoms with Crippen molar-refractivity contribution in [2.75, 3.05) is 31.6 Å². The molecule has 1 aromatic carbocycles. The summed E-state index contributed by atoms with van der Waals surface area (Å²) in [6, 6.07) is -5.43. The molecule has 1 aromatic heterocycles. The summed E-state index contributed by atoms with van der Waals surface area (Å²) in [4.78, 5) is 158. The van der Waals surface area contributed by atoms with Crippen LogP contribution < -0.4 is 76.1 Å². The number of nitrogens with two attached hydrogens (primary N) is 4. The monoisotopic (exact) mass is 1140 g/mol. The number of nitro groups is 1. The Balaban J connectivity index is 2.17. The van der Waals surface area contributed by atoms with Crippen molar-refractivity contribution in [3.8, 4) is 0 Å². The number of nitro benzene ring substituents is 1. The summed E-state index contributed by atoms with van der Waals surface area (Å²) in [5.74, 6) is -8.68. The van der Waals surface area contributed by atoms with Crippen LogP contribution in [0.1, 0.15) is 92.7 Å². The Labute approximate surface area is 467 Å². The van der Waals surface area contributed by atoms with E-state index in [-0.39, 0.29) is 86.7 Å². The van der Waals surface area contributed by atoms with Crippen molar-refractivity contribution in [1.82, 2.24) is 57.8 Å². The van der Waals surface area contributed by atoms with Crippen LogP contribution in [0.4, 0.5) is 11.4 Å². The molecule has 0 radical (unpaired) electrons. The number of carbonyl (C=O) groups is 10. The van der Waals surface area contributed by atoms with Crippen molar-refractivity contribution in [1.29, 1.82) is 0 Å². The first-order chi connectivity index (χ1) is 38.1. The van der Waals surface area contributed by atoms with Crippen LogP contribution in [0.25, 0.3) is 0 Å². The average Bonchev–Trinajstić information content (AvgIpc) is 3.92. The summed E-state index contributed by atoms with van der Waals surface area (Å²) in [6.07, 6.45) is 3.28. The van der Waals surface area contributed by atoms with E-state index < -0.39 is 125 Å². The lowest BCUT2D eigenvalue weighted by Crippen LogP contribution is -2.60. The molecule has 2 aromatic rings. The van der Waals surface area contributed by atoms with Crippen LogP contribution in [0, 0.1) is 22.0 Å². The van der Waals surface area contributed by atoms with Gasteiger partial charge in [0.2, 0.25) is 59.1 Å². The second kappa shape index (κ2) is 34.8. The van der Waals surface area contributed by atoms with E-state index in [2.05, 4.69) is 73.1 Å². The van der Waals surface area contributed by atoms with Crippen molar-refractivity contribution >= 4 is 82.4 Å². The zero-order valence-corrected chi connectivity index (χ0v) is 46.5. The number of aromatic nitrogens is 2. The van der Waals surface area contributed by atoms with E-state index in [9.17, 15) is 63.2 Å². The second-order valence-corrected chi connectivity index (χ2v) is 19.7. The first-order valence-corrected chi connectivity index (χ1v) is 26.0. The Hall–Kier alpha value is -8.97. The van der Waals surface area contributed by atoms with Gasteiger partial charge >= 0.3 is 0 Å². The molecule has 448 valence electrons. The molecule has 20 N–H and O–H groups in total. The average molecular weight is 1140 g/mol. The van der Waals surface area contributed by atoms with Gasteiger partial charge in [0.25, 0.3) is 5.69 Å². The third kappa shape index (κ3) is 26.5. The number of non-ortho nitro benzene ring substituents is 1. The van der Waals surface area contributed by atoms with E-state index in [1.165, 1.54) is 57.6 Å². The highest BCUT2D eigenvalue weighted by atomic mass is 16.6. The SMILES string of the molecule is CC(=O)N[C@@H](CCCN=C(N)N)C(=O)N[C@@H](C)C(=O)N[C@@H](CO)C(=O)N[C@@H](Cc1cnc[nH]1)C(=O)N[C@@H](CC(C)C)C(=O)NCC(=O)N[C@@H](CC(C)C)C(=O)N[C@@H](C)C(=O)N[C@@H](CCCN=C(N)N)C(=O)Nc1ccc([N+](=O)[O-])cc1. The highest BCUT2D eigenvalue weighted by molar-refractivity contribution is 6.00. The van der Waals surface area contributed by atoms with Crippen LogP contribution in [0.15, 0.2) is 46.8 Å². The van der Waals surface area contributed by atoms with E-state index in [1.807, 2.05) is 0 Å². The Morgan fingerprint density at radius 2 is 1.06 bits per heavy atom. The molecule has 2 rings (SSSR count). The fourth-order valence-electron chi connectivity index (χ4n) is 7.54. The number of aliphatic hydroxyl groups excluding tert-OH is 1. The van der Waals surface area contributed by atoms with E-state index in [0.29, 0.717) is 12.1 Å². The molecule has 1 heterocycles. The lowest BCUT2D eigenvalue weighted by molar-refractivity contribution is -0.384. The molecular weight excluding hydrogens is 1060 g/mol. The Morgan fingerprint density at radius 1 is 0.605 bits per heavy atom. The maximum absolute atomic E-state index is 14.0. The zero-order chi connectivity index (χ0) is 60.9. The van der Waals surface area contributed by atoms with E-state index in [4.69, 9.17) is 22.9 Å². The highest BCUT2D eigenvalue weighted by Crippen LogP contribution is 2.16. The number of benzene rings is 1. The van der Waals surface area contributed by atoms with Gasteiger partial charge in [-0.1, -0.05) is 27.7 Å². The van der Waals surface area contributed by atoms with Gasteiger partial charge in [-0.2, -0.15) is 0 Å². The Kier molecular flexibility index (Phi) is 29.3. The summed E-state index contributed by atoms with van der Waals surface area (Å²) >= 11 is 0. The fourth-order valence-corrected chi connectivity index (χ4v) is 7.54. The summed E-state index contributed by atoms with van der Waals surface area (Å²) in [6.45, 7) is 9.58. The van der Waals surface area contributed by atoms with Crippen molar-refractivity contribution in [2.45, 2.75) is 142 Å². The third-order valence-corrected chi connectivity index (χ3v) is 11.6. The van der Waals surface area contributed by atoms with E-state index in [1.54, 1.807) is 27.7 Å². The van der Waals surface area contributed by atoms with Crippen LogP contribution in [-0.4, -0.2) is 166 Å². The second-order valence-electron chi connectivity index (χ2n) is 19.7. The van der Waals surface area contributed by atoms with Gasteiger partial charge in [-0.15, -0.1) is 0 Å². The molecule has 0 saturated heterocycles. The lowest BCUT2D eigenvalue weighted by atomic mass is 10.0. The van der Waals surface area contributed by atoms with Crippen LogP contribution in [0.2, 0.25) is 0 Å². The number of aliphatic hydroxyl groups is 1. The molecule has 32 heteroatoms. The molecule has 0 fully saturated rings. The number of anilines is 1. The normalized spacial score (nSPS) is 13.9. The molecule has 0 unspecified atom stereocenters. The molecule has 0 aliphatic heterocycles. The number of hydrogen-bond donors (Lipinski definition) is 16. The number of imidazole rings is 1. The number of rotatable bonds is 35. The Morgan fingerprint density at radius 3 is 1.53 bits per heavy atom. The third-order valence-electron chi connectivity index (χ3n) is 11.6. The van der Waals surface area contributed by atoms with Gasteiger partial charge in [0.15, 0.2) is 11.9 Å². The minimum atomic E-state index is -1.66. The summed E-state index contributed by atoms with van der Waals surface area (Å²) in [5.41, 5.74) is 21.9. The fraction of sp³-hybridized carbons (Fsp3) is 0.571. The molecule has 0 aliphatic rings.